The molecule has 176 valence electrons. The van der Waals surface area contributed by atoms with Gasteiger partial charge in [-0.05, 0) is 84.5 Å². The highest BCUT2D eigenvalue weighted by Gasteiger charge is 2.61. The number of anilines is 5. The molecule has 1 aliphatic carbocycles. The average Bonchev–Trinajstić information content (AvgIpc) is 3.23. The molecule has 4 aliphatic rings. The highest BCUT2D eigenvalue weighted by atomic mass is 15.3. The van der Waals surface area contributed by atoms with Crippen molar-refractivity contribution in [2.75, 3.05) is 9.80 Å². The van der Waals surface area contributed by atoms with Gasteiger partial charge in [0.2, 0.25) is 0 Å². The largest absolute Gasteiger partial charge is 0.335 e. The third kappa shape index (κ3) is 2.31. The molecule has 0 amide bonds. The molecule has 2 nitrogen and oxygen atoms in total. The third-order valence-corrected chi connectivity index (χ3v) is 9.44. The highest BCUT2D eigenvalue weighted by molar-refractivity contribution is 7.00. The van der Waals surface area contributed by atoms with Gasteiger partial charge in [-0.3, -0.25) is 0 Å². The van der Waals surface area contributed by atoms with Crippen LogP contribution in [0.25, 0.3) is 0 Å². The number of aryl methyl sites for hydroxylation is 1. The van der Waals surface area contributed by atoms with Crippen LogP contribution in [-0.2, 0) is 5.41 Å². The van der Waals surface area contributed by atoms with E-state index in [9.17, 15) is 2.74 Å². The standard InChI is InChI=1S/C33H31BN2/c1-22-20-28-30-29(21-22)36-31-24(32(2)18-9-10-19-33(32,36)3)14-11-16-26(31)34(30)25-15-7-8-17-27(25)35(28)23-12-5-4-6-13-23/h4-8,11-17,20-21H,9-10,18-19H2,1-3H3/i4D,5D,6D,7D,8D,12D,13D,15D,17D. The summed E-state index contributed by atoms with van der Waals surface area (Å²) in [6.45, 7) is 6.11. The molecule has 0 spiro atoms. The van der Waals surface area contributed by atoms with Gasteiger partial charge in [0.25, 0.3) is 6.71 Å². The maximum Gasteiger partial charge on any atom is 0.252 e. The number of rotatable bonds is 1. The second-order valence-electron chi connectivity index (χ2n) is 11.1. The monoisotopic (exact) mass is 475 g/mol. The molecule has 2 atom stereocenters. The first-order chi connectivity index (χ1) is 21.3. The van der Waals surface area contributed by atoms with E-state index < -0.39 is 43.0 Å². The van der Waals surface area contributed by atoms with Gasteiger partial charge in [-0.2, -0.15) is 0 Å². The Morgan fingerprint density at radius 1 is 0.833 bits per heavy atom. The summed E-state index contributed by atoms with van der Waals surface area (Å²) < 4.78 is 79.0. The minimum absolute atomic E-state index is 0.118. The van der Waals surface area contributed by atoms with Crippen molar-refractivity contribution in [2.45, 2.75) is 57.4 Å². The number of benzene rings is 4. The summed E-state index contributed by atoms with van der Waals surface area (Å²) in [5.74, 6) is 0. The number of hydrogen-bond acceptors (Lipinski definition) is 2. The Bertz CT molecular complexity index is 2020. The van der Waals surface area contributed by atoms with Crippen molar-refractivity contribution in [3.63, 3.8) is 0 Å². The summed E-state index contributed by atoms with van der Waals surface area (Å²) in [6, 6.07) is 6.72. The molecule has 0 aromatic heterocycles. The lowest BCUT2D eigenvalue weighted by molar-refractivity contribution is 0.195. The molecule has 0 N–H and O–H groups in total. The molecule has 0 radical (unpaired) electrons. The summed E-state index contributed by atoms with van der Waals surface area (Å²) in [6.07, 6.45) is 4.22. The van der Waals surface area contributed by atoms with E-state index in [1.807, 2.05) is 13.0 Å². The van der Waals surface area contributed by atoms with Crippen molar-refractivity contribution in [2.24, 2.45) is 0 Å². The lowest BCUT2D eigenvalue weighted by atomic mass is 9.33. The quantitative estimate of drug-likeness (QED) is 0.261. The molecule has 4 aromatic carbocycles. The van der Waals surface area contributed by atoms with Gasteiger partial charge in [0, 0.05) is 33.9 Å². The van der Waals surface area contributed by atoms with Gasteiger partial charge in [-0.1, -0.05) is 74.2 Å². The van der Waals surface area contributed by atoms with E-state index in [4.69, 9.17) is 9.60 Å². The number of nitrogens with zero attached hydrogens (tertiary/aromatic N) is 2. The van der Waals surface area contributed by atoms with Crippen molar-refractivity contribution >= 4 is 51.5 Å². The van der Waals surface area contributed by atoms with Gasteiger partial charge in [-0.15, -0.1) is 0 Å². The van der Waals surface area contributed by atoms with Crippen molar-refractivity contribution < 1.29 is 12.3 Å². The Balaban J connectivity index is 1.58. The number of hydrogen-bond donors (Lipinski definition) is 0. The van der Waals surface area contributed by atoms with Gasteiger partial charge in [0.15, 0.2) is 0 Å². The Hall–Kier alpha value is -3.46. The second-order valence-corrected chi connectivity index (χ2v) is 11.1. The van der Waals surface area contributed by atoms with Gasteiger partial charge >= 0.3 is 0 Å². The van der Waals surface area contributed by atoms with Crippen LogP contribution in [0.5, 0.6) is 0 Å². The molecule has 3 aliphatic heterocycles. The predicted octanol–water partition coefficient (Wildman–Crippen LogP) is 6.35. The van der Waals surface area contributed by atoms with E-state index in [1.54, 1.807) is 0 Å². The highest BCUT2D eigenvalue weighted by Crippen LogP contribution is 2.61. The van der Waals surface area contributed by atoms with Crippen LogP contribution < -0.4 is 26.2 Å². The zero-order valence-electron chi connectivity index (χ0n) is 29.7. The summed E-state index contributed by atoms with van der Waals surface area (Å²) in [5.41, 5.74) is 6.50. The minimum atomic E-state index is -0.550. The average molecular weight is 475 g/mol. The van der Waals surface area contributed by atoms with Gasteiger partial charge in [-0.25, -0.2) is 0 Å². The fraction of sp³-hybridized carbons (Fsp3) is 0.273. The first-order valence-electron chi connectivity index (χ1n) is 17.3. The van der Waals surface area contributed by atoms with E-state index in [1.165, 1.54) is 10.5 Å². The van der Waals surface area contributed by atoms with Crippen LogP contribution in [-0.4, -0.2) is 12.3 Å². The van der Waals surface area contributed by atoms with Gasteiger partial charge in [0.05, 0.1) is 17.9 Å². The van der Waals surface area contributed by atoms with E-state index in [0.29, 0.717) is 11.2 Å². The Morgan fingerprint density at radius 3 is 2.44 bits per heavy atom. The molecule has 3 heterocycles. The molecule has 36 heavy (non-hydrogen) atoms. The molecule has 8 rings (SSSR count). The summed E-state index contributed by atoms with van der Waals surface area (Å²) in [4.78, 5) is 3.99. The fourth-order valence-corrected chi connectivity index (χ4v) is 7.69. The van der Waals surface area contributed by atoms with E-state index in [-0.39, 0.29) is 40.5 Å². The van der Waals surface area contributed by atoms with Crippen molar-refractivity contribution in [1.82, 2.24) is 0 Å². The van der Waals surface area contributed by atoms with Crippen molar-refractivity contribution in [1.29, 1.82) is 0 Å². The predicted molar refractivity (Wildman–Crippen MR) is 153 cm³/mol. The maximum atomic E-state index is 9.27. The van der Waals surface area contributed by atoms with Gasteiger partial charge < -0.3 is 9.80 Å². The number of fused-ring (bicyclic) bond motifs is 7. The lowest BCUT2D eigenvalue weighted by Crippen LogP contribution is -2.64. The normalized spacial score (nSPS) is 28.2. The zero-order chi connectivity index (χ0) is 32.1. The topological polar surface area (TPSA) is 6.48 Å². The second kappa shape index (κ2) is 6.85. The summed E-state index contributed by atoms with van der Waals surface area (Å²) in [7, 11) is 0. The smallest absolute Gasteiger partial charge is 0.252 e. The molecule has 2 unspecified atom stereocenters. The number of para-hydroxylation sites is 3. The summed E-state index contributed by atoms with van der Waals surface area (Å²) >= 11 is 0. The van der Waals surface area contributed by atoms with Crippen molar-refractivity contribution in [3.05, 3.63) is 95.8 Å². The van der Waals surface area contributed by atoms with E-state index in [0.717, 1.165) is 53.5 Å². The lowest BCUT2D eigenvalue weighted by Gasteiger charge is -2.52. The van der Waals surface area contributed by atoms with Crippen LogP contribution in [0.3, 0.4) is 0 Å². The molecular formula is C33H31BN2. The molecule has 0 bridgehead atoms. The molecule has 1 saturated carbocycles. The fourth-order valence-electron chi connectivity index (χ4n) is 7.69. The molecule has 1 fully saturated rings. The zero-order valence-corrected chi connectivity index (χ0v) is 20.7. The Kier molecular flexibility index (Phi) is 2.62. The SMILES string of the molecule is [2H]c1c([2H])c([2H])c(N2c3cc(C)cc4c3B(c3cccc5c3N4C3(C)CCCCC53C)c3c([2H])c([2H])c([2H])c([2H])c32)c([2H])c1[2H]. The van der Waals surface area contributed by atoms with Crippen LogP contribution in [0.1, 0.15) is 63.0 Å². The van der Waals surface area contributed by atoms with Crippen LogP contribution >= 0.6 is 0 Å². The summed E-state index contributed by atoms with van der Waals surface area (Å²) in [5, 5.41) is 0. The van der Waals surface area contributed by atoms with Crippen LogP contribution in [0.4, 0.5) is 28.4 Å². The van der Waals surface area contributed by atoms with Crippen LogP contribution in [0.15, 0.2) is 84.7 Å². The molecule has 3 heteroatoms. The molecule has 4 aromatic rings. The maximum absolute atomic E-state index is 9.27. The van der Waals surface area contributed by atoms with E-state index >= 15 is 0 Å². The van der Waals surface area contributed by atoms with Crippen molar-refractivity contribution in [3.8, 4) is 0 Å². The van der Waals surface area contributed by atoms with Gasteiger partial charge in [0.1, 0.15) is 0 Å². The van der Waals surface area contributed by atoms with Crippen LogP contribution in [0.2, 0.25) is 0 Å². The first kappa shape index (κ1) is 13.7. The molecule has 0 saturated heterocycles. The Morgan fingerprint density at radius 2 is 1.58 bits per heavy atom. The first-order valence-corrected chi connectivity index (χ1v) is 12.8. The van der Waals surface area contributed by atoms with Crippen LogP contribution in [0, 0.1) is 6.92 Å². The Labute approximate surface area is 227 Å². The molecular weight excluding hydrogens is 435 g/mol. The third-order valence-electron chi connectivity index (χ3n) is 9.44. The minimum Gasteiger partial charge on any atom is -0.335 e. The van der Waals surface area contributed by atoms with E-state index in [2.05, 4.69) is 43.0 Å².